The maximum Gasteiger partial charge on any atom is -0.0128 e. The highest BCUT2D eigenvalue weighted by molar-refractivity contribution is 5.39. The predicted octanol–water partition coefficient (Wildman–Crippen LogP) is 4.07. The lowest BCUT2D eigenvalue weighted by Crippen LogP contribution is -2.18. The van der Waals surface area contributed by atoms with Crippen molar-refractivity contribution in [3.63, 3.8) is 0 Å². The first-order chi connectivity index (χ1) is 7.24. The fourth-order valence-electron chi connectivity index (χ4n) is 3.69. The van der Waals surface area contributed by atoms with Crippen LogP contribution in [-0.2, 0) is 6.42 Å². The minimum absolute atomic E-state index is 0.900. The van der Waals surface area contributed by atoms with Gasteiger partial charge in [-0.1, -0.05) is 37.1 Å². The number of rotatable bonds is 0. The second-order valence-electron chi connectivity index (χ2n) is 5.69. The molecule has 0 heteroatoms. The smallest absolute Gasteiger partial charge is 0.0128 e. The Hall–Kier alpha value is -0.780. The molecule has 0 aliphatic heterocycles. The van der Waals surface area contributed by atoms with Crippen LogP contribution < -0.4 is 0 Å². The second kappa shape index (κ2) is 3.37. The van der Waals surface area contributed by atoms with Gasteiger partial charge in [0.15, 0.2) is 0 Å². The van der Waals surface area contributed by atoms with Crippen molar-refractivity contribution >= 4 is 0 Å². The van der Waals surface area contributed by atoms with E-state index in [2.05, 4.69) is 32.0 Å². The minimum Gasteiger partial charge on any atom is -0.0625 e. The van der Waals surface area contributed by atoms with E-state index in [0.717, 1.165) is 17.8 Å². The van der Waals surface area contributed by atoms with Crippen LogP contribution in [0.5, 0.6) is 0 Å². The summed E-state index contributed by atoms with van der Waals surface area (Å²) in [5, 5.41) is 0. The molecule has 1 aromatic rings. The molecule has 0 heterocycles. The van der Waals surface area contributed by atoms with Crippen LogP contribution in [0.3, 0.4) is 0 Å². The molecule has 1 fully saturated rings. The van der Waals surface area contributed by atoms with Crippen LogP contribution >= 0.6 is 0 Å². The van der Waals surface area contributed by atoms with E-state index in [-0.39, 0.29) is 0 Å². The Bertz CT molecular complexity index is 378. The molecule has 0 saturated heterocycles. The quantitative estimate of drug-likeness (QED) is 0.592. The molecule has 0 amide bonds. The summed E-state index contributed by atoms with van der Waals surface area (Å²) in [5.74, 6) is 2.82. The molecule has 0 radical (unpaired) electrons. The van der Waals surface area contributed by atoms with Crippen LogP contribution in [0.2, 0.25) is 0 Å². The van der Waals surface area contributed by atoms with Crippen molar-refractivity contribution in [3.8, 4) is 0 Å². The van der Waals surface area contributed by atoms with Gasteiger partial charge in [0.25, 0.3) is 0 Å². The average Bonchev–Trinajstić information content (AvgIpc) is 2.53. The lowest BCUT2D eigenvalue weighted by molar-refractivity contribution is 0.261. The molecule has 2 aliphatic carbocycles. The molecule has 0 bridgehead atoms. The van der Waals surface area contributed by atoms with E-state index in [0.29, 0.717) is 0 Å². The molecule has 3 unspecified atom stereocenters. The fraction of sp³-hybridized carbons (Fsp3) is 0.600. The van der Waals surface area contributed by atoms with Gasteiger partial charge in [-0.25, -0.2) is 0 Å². The first kappa shape index (κ1) is 9.45. The van der Waals surface area contributed by atoms with Crippen molar-refractivity contribution in [2.24, 2.45) is 11.8 Å². The first-order valence-electron chi connectivity index (χ1n) is 6.33. The summed E-state index contributed by atoms with van der Waals surface area (Å²) in [7, 11) is 0. The molecule has 0 N–H and O–H groups in total. The number of benzene rings is 1. The zero-order valence-corrected chi connectivity index (χ0v) is 9.79. The Kier molecular flexibility index (Phi) is 2.12. The van der Waals surface area contributed by atoms with Gasteiger partial charge in [0.1, 0.15) is 0 Å². The summed E-state index contributed by atoms with van der Waals surface area (Å²) in [6.45, 7) is 4.63. The Morgan fingerprint density at radius 3 is 2.93 bits per heavy atom. The third-order valence-corrected chi connectivity index (χ3v) is 4.42. The van der Waals surface area contributed by atoms with Gasteiger partial charge in [0.05, 0.1) is 0 Å². The lowest BCUT2D eigenvalue weighted by atomic mass is 9.75. The summed E-state index contributed by atoms with van der Waals surface area (Å²) in [6, 6.07) is 7.10. The standard InChI is InChI=1S/C15H20/c1-10-3-5-14-12(7-10)9-13-8-11(2)4-6-15(13)14/h3,5,7,11,13,15H,4,6,8-9H2,1-2H3. The Labute approximate surface area is 92.7 Å². The molecular formula is C15H20. The van der Waals surface area contributed by atoms with Crippen LogP contribution in [0.15, 0.2) is 18.2 Å². The van der Waals surface area contributed by atoms with Gasteiger partial charge < -0.3 is 0 Å². The summed E-state index contributed by atoms with van der Waals surface area (Å²) in [6.07, 6.45) is 5.68. The third kappa shape index (κ3) is 1.51. The van der Waals surface area contributed by atoms with E-state index in [9.17, 15) is 0 Å². The highest BCUT2D eigenvalue weighted by Crippen LogP contribution is 2.48. The van der Waals surface area contributed by atoms with Crippen molar-refractivity contribution in [1.82, 2.24) is 0 Å². The molecule has 2 aliphatic rings. The zero-order valence-electron chi connectivity index (χ0n) is 9.79. The topological polar surface area (TPSA) is 0 Å². The SMILES string of the molecule is Cc1ccc2c(c1)CC1CC(C)CCC21. The monoisotopic (exact) mass is 200 g/mol. The lowest BCUT2D eigenvalue weighted by Gasteiger charge is -2.30. The minimum atomic E-state index is 0.900. The first-order valence-corrected chi connectivity index (χ1v) is 6.33. The maximum atomic E-state index is 2.42. The Morgan fingerprint density at radius 1 is 1.20 bits per heavy atom. The van der Waals surface area contributed by atoms with Gasteiger partial charge in [-0.2, -0.15) is 0 Å². The molecule has 3 rings (SSSR count). The van der Waals surface area contributed by atoms with Gasteiger partial charge in [-0.05, 0) is 55.1 Å². The Morgan fingerprint density at radius 2 is 2.07 bits per heavy atom. The van der Waals surface area contributed by atoms with Gasteiger partial charge in [0, 0.05) is 0 Å². The van der Waals surface area contributed by atoms with E-state index < -0.39 is 0 Å². The molecule has 0 spiro atoms. The largest absolute Gasteiger partial charge is 0.0625 e. The van der Waals surface area contributed by atoms with Crippen LogP contribution in [0.1, 0.15) is 48.8 Å². The summed E-state index contributed by atoms with van der Waals surface area (Å²) in [4.78, 5) is 0. The van der Waals surface area contributed by atoms with E-state index >= 15 is 0 Å². The van der Waals surface area contributed by atoms with Gasteiger partial charge in [0.2, 0.25) is 0 Å². The molecule has 80 valence electrons. The van der Waals surface area contributed by atoms with Crippen molar-refractivity contribution in [1.29, 1.82) is 0 Å². The van der Waals surface area contributed by atoms with Crippen LogP contribution in [0.25, 0.3) is 0 Å². The van der Waals surface area contributed by atoms with Crippen LogP contribution in [0.4, 0.5) is 0 Å². The molecule has 0 nitrogen and oxygen atoms in total. The Balaban J connectivity index is 1.95. The second-order valence-corrected chi connectivity index (χ2v) is 5.69. The van der Waals surface area contributed by atoms with Gasteiger partial charge in [-0.3, -0.25) is 0 Å². The van der Waals surface area contributed by atoms with Crippen LogP contribution in [-0.4, -0.2) is 0 Å². The van der Waals surface area contributed by atoms with E-state index in [1.807, 2.05) is 0 Å². The van der Waals surface area contributed by atoms with Gasteiger partial charge in [-0.15, -0.1) is 0 Å². The molecular weight excluding hydrogens is 180 g/mol. The number of hydrogen-bond donors (Lipinski definition) is 0. The van der Waals surface area contributed by atoms with Crippen molar-refractivity contribution < 1.29 is 0 Å². The average molecular weight is 200 g/mol. The normalized spacial score (nSPS) is 33.6. The zero-order chi connectivity index (χ0) is 10.4. The molecule has 15 heavy (non-hydrogen) atoms. The molecule has 3 atom stereocenters. The molecule has 0 aromatic heterocycles. The number of hydrogen-bond acceptors (Lipinski definition) is 0. The van der Waals surface area contributed by atoms with Gasteiger partial charge >= 0.3 is 0 Å². The fourth-order valence-corrected chi connectivity index (χ4v) is 3.69. The van der Waals surface area contributed by atoms with Crippen molar-refractivity contribution in [3.05, 3.63) is 34.9 Å². The summed E-state index contributed by atoms with van der Waals surface area (Å²) in [5.41, 5.74) is 4.76. The third-order valence-electron chi connectivity index (χ3n) is 4.42. The van der Waals surface area contributed by atoms with Crippen molar-refractivity contribution in [2.45, 2.75) is 45.4 Å². The van der Waals surface area contributed by atoms with Crippen molar-refractivity contribution in [2.75, 3.05) is 0 Å². The van der Waals surface area contributed by atoms with E-state index in [1.54, 1.807) is 11.1 Å². The van der Waals surface area contributed by atoms with Crippen LogP contribution in [0, 0.1) is 18.8 Å². The maximum absolute atomic E-state index is 2.42. The highest BCUT2D eigenvalue weighted by atomic mass is 14.4. The molecule has 1 aromatic carbocycles. The number of fused-ring (bicyclic) bond motifs is 3. The highest BCUT2D eigenvalue weighted by Gasteiger charge is 2.35. The summed E-state index contributed by atoms with van der Waals surface area (Å²) < 4.78 is 0. The van der Waals surface area contributed by atoms with E-state index in [1.165, 1.54) is 31.2 Å². The van der Waals surface area contributed by atoms with E-state index in [4.69, 9.17) is 0 Å². The molecule has 1 saturated carbocycles. The summed E-state index contributed by atoms with van der Waals surface area (Å²) >= 11 is 0. The number of aryl methyl sites for hydroxylation is 1. The predicted molar refractivity (Wildman–Crippen MR) is 64.1 cm³/mol.